The molecular weight excluding hydrogens is 274 g/mol. The summed E-state index contributed by atoms with van der Waals surface area (Å²) in [6, 6.07) is 7.46. The number of nitrogens with zero attached hydrogens (tertiary/aromatic N) is 2. The molecule has 0 bridgehead atoms. The van der Waals surface area contributed by atoms with Gasteiger partial charge in [0.1, 0.15) is 0 Å². The first-order valence-corrected chi connectivity index (χ1v) is 6.49. The third-order valence-corrected chi connectivity index (χ3v) is 3.48. The molecule has 1 aromatic heterocycles. The molecule has 0 radical (unpaired) electrons. The van der Waals surface area contributed by atoms with Gasteiger partial charge in [0.2, 0.25) is 5.91 Å². The topological polar surface area (TPSA) is 68.0 Å². The molecule has 1 heterocycles. The van der Waals surface area contributed by atoms with E-state index in [0.29, 0.717) is 10.8 Å². The van der Waals surface area contributed by atoms with E-state index >= 15 is 0 Å². The third kappa shape index (κ3) is 3.48. The summed E-state index contributed by atoms with van der Waals surface area (Å²) in [5, 5.41) is 6.71. The number of anilines is 1. The van der Waals surface area contributed by atoms with Crippen molar-refractivity contribution in [3.63, 3.8) is 0 Å². The summed E-state index contributed by atoms with van der Waals surface area (Å²) in [5.74, 6) is 0.484. The van der Waals surface area contributed by atoms with Crippen LogP contribution < -0.4 is 5.32 Å². The Morgan fingerprint density at radius 1 is 1.50 bits per heavy atom. The standard InChI is InChI=1S/C11H10ClN3O2S/c1-7-13-11(17-15-7)14-10(16)6-18-9-5-3-2-4-8(9)12/h2-5H,6H2,1H3,(H,13,14,15,16). The molecule has 94 valence electrons. The Morgan fingerprint density at radius 2 is 2.28 bits per heavy atom. The minimum Gasteiger partial charge on any atom is -0.315 e. The number of aromatic nitrogens is 2. The summed E-state index contributed by atoms with van der Waals surface area (Å²) >= 11 is 7.33. The molecule has 0 spiro atoms. The highest BCUT2D eigenvalue weighted by molar-refractivity contribution is 8.00. The number of benzene rings is 1. The van der Waals surface area contributed by atoms with Gasteiger partial charge in [-0.3, -0.25) is 10.1 Å². The number of hydrogen-bond donors (Lipinski definition) is 1. The van der Waals surface area contributed by atoms with Crippen molar-refractivity contribution in [2.75, 3.05) is 11.1 Å². The van der Waals surface area contributed by atoms with Crippen molar-refractivity contribution in [2.45, 2.75) is 11.8 Å². The minimum atomic E-state index is -0.219. The van der Waals surface area contributed by atoms with Crippen LogP contribution in [0.4, 0.5) is 6.01 Å². The van der Waals surface area contributed by atoms with Crippen molar-refractivity contribution >= 4 is 35.3 Å². The van der Waals surface area contributed by atoms with E-state index in [0.717, 1.165) is 4.90 Å². The quantitative estimate of drug-likeness (QED) is 0.874. The van der Waals surface area contributed by atoms with Gasteiger partial charge in [-0.15, -0.1) is 11.8 Å². The molecule has 0 saturated heterocycles. The van der Waals surface area contributed by atoms with Gasteiger partial charge in [0, 0.05) is 4.90 Å². The number of rotatable bonds is 4. The van der Waals surface area contributed by atoms with Gasteiger partial charge in [-0.1, -0.05) is 28.9 Å². The maximum Gasteiger partial charge on any atom is 0.328 e. The monoisotopic (exact) mass is 283 g/mol. The van der Waals surface area contributed by atoms with E-state index in [1.807, 2.05) is 18.2 Å². The molecule has 0 aliphatic heterocycles. The summed E-state index contributed by atoms with van der Waals surface area (Å²) < 4.78 is 4.78. The second-order valence-corrected chi connectivity index (χ2v) is 4.84. The predicted molar refractivity (Wildman–Crippen MR) is 69.8 cm³/mol. The predicted octanol–water partition coefficient (Wildman–Crippen LogP) is 2.76. The molecule has 0 unspecified atom stereocenters. The van der Waals surface area contributed by atoms with Crippen LogP contribution in [0.15, 0.2) is 33.7 Å². The van der Waals surface area contributed by atoms with Gasteiger partial charge in [-0.2, -0.15) is 4.98 Å². The van der Waals surface area contributed by atoms with Crippen molar-refractivity contribution < 1.29 is 9.32 Å². The van der Waals surface area contributed by atoms with Crippen molar-refractivity contribution in [1.29, 1.82) is 0 Å². The van der Waals surface area contributed by atoms with Crippen molar-refractivity contribution in [3.8, 4) is 0 Å². The molecule has 0 aliphatic carbocycles. The Balaban J connectivity index is 1.87. The Bertz CT molecular complexity index is 559. The summed E-state index contributed by atoms with van der Waals surface area (Å²) in [6.07, 6.45) is 0. The Kier molecular flexibility index (Phi) is 4.22. The van der Waals surface area contributed by atoms with E-state index < -0.39 is 0 Å². The van der Waals surface area contributed by atoms with Crippen LogP contribution in [0.2, 0.25) is 5.02 Å². The number of halogens is 1. The molecule has 0 aliphatic rings. The molecule has 2 rings (SSSR count). The molecule has 1 amide bonds. The number of hydrogen-bond acceptors (Lipinski definition) is 5. The van der Waals surface area contributed by atoms with E-state index in [-0.39, 0.29) is 17.7 Å². The van der Waals surface area contributed by atoms with Crippen LogP contribution in [0.25, 0.3) is 0 Å². The molecule has 5 nitrogen and oxygen atoms in total. The lowest BCUT2D eigenvalue weighted by molar-refractivity contribution is -0.114. The molecular formula is C11H10ClN3O2S. The number of carbonyl (C=O) groups excluding carboxylic acids is 1. The average molecular weight is 284 g/mol. The summed E-state index contributed by atoms with van der Waals surface area (Å²) in [6.45, 7) is 1.68. The number of amides is 1. The first kappa shape index (κ1) is 12.9. The van der Waals surface area contributed by atoms with Crippen LogP contribution in [0.3, 0.4) is 0 Å². The van der Waals surface area contributed by atoms with Gasteiger partial charge in [0.05, 0.1) is 10.8 Å². The van der Waals surface area contributed by atoms with Gasteiger partial charge in [-0.05, 0) is 19.1 Å². The van der Waals surface area contributed by atoms with E-state index in [2.05, 4.69) is 15.5 Å². The van der Waals surface area contributed by atoms with Crippen molar-refractivity contribution in [3.05, 3.63) is 35.1 Å². The minimum absolute atomic E-state index is 0.109. The molecule has 1 aromatic carbocycles. The lowest BCUT2D eigenvalue weighted by Crippen LogP contribution is -2.14. The first-order valence-electron chi connectivity index (χ1n) is 5.12. The Labute approximate surface area is 113 Å². The fourth-order valence-corrected chi connectivity index (χ4v) is 2.25. The van der Waals surface area contributed by atoms with Crippen LogP contribution in [-0.2, 0) is 4.79 Å². The van der Waals surface area contributed by atoms with Gasteiger partial charge in [0.15, 0.2) is 5.82 Å². The van der Waals surface area contributed by atoms with Crippen LogP contribution in [0.5, 0.6) is 0 Å². The molecule has 7 heteroatoms. The zero-order valence-corrected chi connectivity index (χ0v) is 11.1. The fraction of sp³-hybridized carbons (Fsp3) is 0.182. The van der Waals surface area contributed by atoms with Crippen molar-refractivity contribution in [1.82, 2.24) is 10.1 Å². The van der Waals surface area contributed by atoms with Crippen LogP contribution in [0, 0.1) is 6.92 Å². The summed E-state index contributed by atoms with van der Waals surface area (Å²) in [4.78, 5) is 16.3. The number of nitrogens with one attached hydrogen (secondary N) is 1. The zero-order valence-electron chi connectivity index (χ0n) is 9.51. The highest BCUT2D eigenvalue weighted by Crippen LogP contribution is 2.26. The van der Waals surface area contributed by atoms with E-state index in [1.54, 1.807) is 13.0 Å². The molecule has 2 aromatic rings. The number of carbonyl (C=O) groups is 1. The molecule has 0 fully saturated rings. The third-order valence-electron chi connectivity index (χ3n) is 1.97. The lowest BCUT2D eigenvalue weighted by Gasteiger charge is -2.02. The highest BCUT2D eigenvalue weighted by Gasteiger charge is 2.09. The number of aryl methyl sites for hydroxylation is 1. The summed E-state index contributed by atoms with van der Waals surface area (Å²) in [7, 11) is 0. The van der Waals surface area contributed by atoms with Gasteiger partial charge >= 0.3 is 6.01 Å². The zero-order chi connectivity index (χ0) is 13.0. The van der Waals surface area contributed by atoms with E-state index in [4.69, 9.17) is 16.1 Å². The molecule has 0 saturated carbocycles. The highest BCUT2D eigenvalue weighted by atomic mass is 35.5. The normalized spacial score (nSPS) is 10.3. The Morgan fingerprint density at radius 3 is 2.94 bits per heavy atom. The maximum absolute atomic E-state index is 11.6. The fourth-order valence-electron chi connectivity index (χ4n) is 1.21. The largest absolute Gasteiger partial charge is 0.328 e. The van der Waals surface area contributed by atoms with E-state index in [1.165, 1.54) is 11.8 Å². The van der Waals surface area contributed by atoms with Gasteiger partial charge in [-0.25, -0.2) is 0 Å². The lowest BCUT2D eigenvalue weighted by atomic mass is 10.4. The van der Waals surface area contributed by atoms with Crippen LogP contribution in [-0.4, -0.2) is 21.8 Å². The first-order chi connectivity index (χ1) is 8.65. The average Bonchev–Trinajstić information content (AvgIpc) is 2.74. The van der Waals surface area contributed by atoms with Crippen molar-refractivity contribution in [2.24, 2.45) is 0 Å². The molecule has 0 atom stereocenters. The van der Waals surface area contributed by atoms with Crippen LogP contribution in [0.1, 0.15) is 5.82 Å². The molecule has 18 heavy (non-hydrogen) atoms. The second-order valence-electron chi connectivity index (χ2n) is 3.41. The number of thioether (sulfide) groups is 1. The van der Waals surface area contributed by atoms with E-state index in [9.17, 15) is 4.79 Å². The SMILES string of the molecule is Cc1noc(NC(=O)CSc2ccccc2Cl)n1. The van der Waals surface area contributed by atoms with Gasteiger partial charge < -0.3 is 4.52 Å². The van der Waals surface area contributed by atoms with Crippen LogP contribution >= 0.6 is 23.4 Å². The summed E-state index contributed by atoms with van der Waals surface area (Å²) in [5.41, 5.74) is 0. The van der Waals surface area contributed by atoms with Gasteiger partial charge in [0.25, 0.3) is 0 Å². The maximum atomic E-state index is 11.6. The Hall–Kier alpha value is -1.53. The molecule has 1 N–H and O–H groups in total. The second kappa shape index (κ2) is 5.88. The smallest absolute Gasteiger partial charge is 0.315 e.